The standard InChI is InChI=1S/C37H57N3O2.C4H8.C2H5NO.C2H5N.CH4O/c1-8-9-10-11-12-17-28(2)34(31(5)41)19-14-16-22-39-29(3)26-42-27-37(6,7)21-15-13-18-33-24-35-30(4)40-23-20-32(35)25-36(33)38;1-4-2-3-4;1-2(3)4;1-2-3;1-2/h12-13,17-18,20,23-25,28,34,39H,3,8-11,14-16,19,21-22,26-27,38H2,1-2,4-7H3;4H,2-3H2,1H3;1H3,(H2,3,4);2H,1,3H2;2H,1H3/b17-12-,18-13+;;;;/t28-,34?;;;;/m0..../s1. The number of aliphatic hydroxyl groups is 1. The fourth-order valence-electron chi connectivity index (χ4n) is 5.52. The number of aromatic nitrogens is 1. The van der Waals surface area contributed by atoms with Crippen LogP contribution in [0.1, 0.15) is 130 Å². The van der Waals surface area contributed by atoms with Gasteiger partial charge in [0.15, 0.2) is 0 Å². The van der Waals surface area contributed by atoms with Gasteiger partial charge in [-0.2, -0.15) is 0 Å². The highest BCUT2D eigenvalue weighted by Crippen LogP contribution is 2.28. The largest absolute Gasteiger partial charge is 0.405 e. The number of rotatable bonds is 21. The van der Waals surface area contributed by atoms with E-state index in [0.29, 0.717) is 24.9 Å². The van der Waals surface area contributed by atoms with Crippen molar-refractivity contribution >= 4 is 34.2 Å². The first-order valence-electron chi connectivity index (χ1n) is 20.1. The number of amides is 1. The molecule has 1 saturated carbocycles. The number of anilines is 1. The molecule has 1 aliphatic carbocycles. The number of allylic oxidation sites excluding steroid dienone is 3. The van der Waals surface area contributed by atoms with Gasteiger partial charge in [-0.3, -0.25) is 14.6 Å². The molecule has 0 saturated heterocycles. The number of carbonyl (C=O) groups is 2. The number of nitrogens with zero attached hydrogens (tertiary/aromatic N) is 1. The van der Waals surface area contributed by atoms with Crippen LogP contribution < -0.4 is 22.5 Å². The Hall–Kier alpha value is -3.95. The Labute approximate surface area is 335 Å². The van der Waals surface area contributed by atoms with Gasteiger partial charge in [-0.1, -0.05) is 104 Å². The zero-order valence-electron chi connectivity index (χ0n) is 36.1. The van der Waals surface area contributed by atoms with E-state index in [2.05, 4.69) is 99.9 Å². The third kappa shape index (κ3) is 29.1. The van der Waals surface area contributed by atoms with Crippen LogP contribution in [0.2, 0.25) is 0 Å². The van der Waals surface area contributed by atoms with E-state index in [9.17, 15) is 9.59 Å². The monoisotopic (exact) mass is 766 g/mol. The number of carbonyl (C=O) groups excluding carboxylic acids is 2. The lowest BCUT2D eigenvalue weighted by Crippen LogP contribution is -2.23. The van der Waals surface area contributed by atoms with E-state index < -0.39 is 0 Å². The topological polar surface area (TPSA) is 167 Å². The molecular formula is C46H79N5O4. The normalized spacial score (nSPS) is 13.1. The maximum atomic E-state index is 12.2. The number of primary amides is 1. The number of fused-ring (bicyclic) bond motifs is 1. The summed E-state index contributed by atoms with van der Waals surface area (Å²) in [6.07, 6.45) is 24.7. The molecule has 1 aromatic heterocycles. The summed E-state index contributed by atoms with van der Waals surface area (Å²) in [5.74, 6) is 1.47. The Morgan fingerprint density at radius 3 is 2.29 bits per heavy atom. The summed E-state index contributed by atoms with van der Waals surface area (Å²) in [7, 11) is 1.00. The van der Waals surface area contributed by atoms with E-state index in [-0.39, 0.29) is 17.2 Å². The van der Waals surface area contributed by atoms with Crippen LogP contribution in [0.5, 0.6) is 0 Å². The highest BCUT2D eigenvalue weighted by Gasteiger charge is 2.20. The number of ketones is 1. The van der Waals surface area contributed by atoms with Crippen LogP contribution in [0.4, 0.5) is 5.69 Å². The number of aryl methyl sites for hydroxylation is 1. The number of hydrogen-bond acceptors (Lipinski definition) is 8. The third-order valence-corrected chi connectivity index (χ3v) is 8.98. The van der Waals surface area contributed by atoms with Crippen molar-refractivity contribution in [1.82, 2.24) is 10.3 Å². The molecular weight excluding hydrogens is 687 g/mol. The molecule has 1 heterocycles. The Kier molecular flexibility index (Phi) is 31.2. The molecule has 0 bridgehead atoms. The lowest BCUT2D eigenvalue weighted by molar-refractivity contribution is -0.122. The highest BCUT2D eigenvalue weighted by atomic mass is 16.5. The number of nitrogen functional groups attached to an aromatic ring is 1. The van der Waals surface area contributed by atoms with Gasteiger partial charge < -0.3 is 32.4 Å². The number of ether oxygens (including phenoxy) is 1. The third-order valence-electron chi connectivity index (χ3n) is 8.98. The number of nitrogens with two attached hydrogens (primary N) is 3. The summed E-state index contributed by atoms with van der Waals surface area (Å²) >= 11 is 0. The van der Waals surface area contributed by atoms with Crippen molar-refractivity contribution in [1.29, 1.82) is 0 Å². The minimum atomic E-state index is -0.333. The fourth-order valence-corrected chi connectivity index (χ4v) is 5.52. The molecule has 1 fully saturated rings. The minimum Gasteiger partial charge on any atom is -0.405 e. The van der Waals surface area contributed by atoms with Crippen LogP contribution >= 0.6 is 0 Å². The molecule has 9 nitrogen and oxygen atoms in total. The van der Waals surface area contributed by atoms with E-state index in [0.717, 1.165) is 91.5 Å². The van der Waals surface area contributed by atoms with E-state index >= 15 is 0 Å². The van der Waals surface area contributed by atoms with Gasteiger partial charge in [-0.05, 0) is 105 Å². The van der Waals surface area contributed by atoms with E-state index in [1.807, 2.05) is 25.3 Å². The van der Waals surface area contributed by atoms with Crippen LogP contribution in [0.3, 0.4) is 0 Å². The maximum absolute atomic E-state index is 12.2. The first-order valence-corrected chi connectivity index (χ1v) is 20.1. The van der Waals surface area contributed by atoms with Gasteiger partial charge in [0.1, 0.15) is 5.78 Å². The summed E-state index contributed by atoms with van der Waals surface area (Å²) in [6.45, 7) is 25.5. The van der Waals surface area contributed by atoms with Gasteiger partial charge in [0, 0.05) is 55.2 Å². The molecule has 55 heavy (non-hydrogen) atoms. The average Bonchev–Trinajstić information content (AvgIpc) is 3.91. The number of nitrogens with one attached hydrogen (secondary N) is 1. The molecule has 9 heteroatoms. The van der Waals surface area contributed by atoms with E-state index in [4.69, 9.17) is 15.6 Å². The molecule has 0 aliphatic heterocycles. The van der Waals surface area contributed by atoms with Crippen molar-refractivity contribution in [2.45, 2.75) is 126 Å². The summed E-state index contributed by atoms with van der Waals surface area (Å²) in [4.78, 5) is 25.8. The number of aliphatic hydroxyl groups excluding tert-OH is 1. The van der Waals surface area contributed by atoms with Crippen LogP contribution in [-0.4, -0.2) is 48.6 Å². The van der Waals surface area contributed by atoms with Crippen LogP contribution in [0, 0.1) is 30.1 Å². The Balaban J connectivity index is 0. The van der Waals surface area contributed by atoms with Gasteiger partial charge in [-0.15, -0.1) is 0 Å². The zero-order chi connectivity index (χ0) is 42.2. The molecule has 1 amide bonds. The Morgan fingerprint density at radius 1 is 1.11 bits per heavy atom. The lowest BCUT2D eigenvalue weighted by Gasteiger charge is -2.24. The molecule has 2 atom stereocenters. The number of benzene rings is 1. The number of hydrogen-bond donors (Lipinski definition) is 5. The second-order valence-electron chi connectivity index (χ2n) is 15.3. The molecule has 8 N–H and O–H groups in total. The first-order chi connectivity index (χ1) is 26.1. The van der Waals surface area contributed by atoms with Crippen molar-refractivity contribution in [3.63, 3.8) is 0 Å². The Morgan fingerprint density at radius 2 is 1.73 bits per heavy atom. The zero-order valence-corrected chi connectivity index (χ0v) is 36.1. The summed E-state index contributed by atoms with van der Waals surface area (Å²) in [6, 6.07) is 6.16. The molecule has 312 valence electrons. The molecule has 0 spiro atoms. The summed E-state index contributed by atoms with van der Waals surface area (Å²) in [5, 5.41) is 12.7. The molecule has 3 rings (SSSR count). The second-order valence-corrected chi connectivity index (χ2v) is 15.3. The number of unbranched alkanes of at least 4 members (excludes halogenated alkanes) is 4. The molecule has 0 radical (unpaired) electrons. The SMILES string of the molecule is C=C(COCC(C)(C)CC/C=C/c1cc2c(C)nccc2cc1N)NCCCCC(C(C)=O)[C@@H](C)/C=C\CCCCC.C=CN.CC(N)=O.CC1CC1.CO. The number of pyridine rings is 1. The summed E-state index contributed by atoms with van der Waals surface area (Å²) < 4.78 is 6.01. The molecule has 1 aliphatic rings. The first kappa shape index (κ1) is 53.2. The van der Waals surface area contributed by atoms with Gasteiger partial charge in [-0.25, -0.2) is 0 Å². The Bertz CT molecular complexity index is 1410. The molecule has 1 unspecified atom stereocenters. The summed E-state index contributed by atoms with van der Waals surface area (Å²) in [5.41, 5.74) is 19.2. The van der Waals surface area contributed by atoms with E-state index in [1.165, 1.54) is 45.2 Å². The lowest BCUT2D eigenvalue weighted by atomic mass is 9.86. The fraction of sp³-hybridized carbons (Fsp3) is 0.587. The smallest absolute Gasteiger partial charge is 0.214 e. The second kappa shape index (κ2) is 32.3. The van der Waals surface area contributed by atoms with Crippen molar-refractivity contribution in [3.8, 4) is 0 Å². The van der Waals surface area contributed by atoms with Crippen LogP contribution in [0.25, 0.3) is 16.8 Å². The van der Waals surface area contributed by atoms with Crippen LogP contribution in [0.15, 0.2) is 67.7 Å². The van der Waals surface area contributed by atoms with Crippen molar-refractivity contribution < 1.29 is 19.4 Å². The molecule has 2 aromatic rings. The highest BCUT2D eigenvalue weighted by molar-refractivity contribution is 5.90. The minimum absolute atomic E-state index is 0.0584. The van der Waals surface area contributed by atoms with Crippen molar-refractivity contribution in [2.24, 2.45) is 34.6 Å². The van der Waals surface area contributed by atoms with Crippen molar-refractivity contribution in [2.75, 3.05) is 32.6 Å². The van der Waals surface area contributed by atoms with Gasteiger partial charge in [0.2, 0.25) is 5.91 Å². The average molecular weight is 766 g/mol. The number of Topliss-reactive ketones (excluding diaryl/α,β-unsaturated/α-hetero) is 1. The van der Waals surface area contributed by atoms with Crippen LogP contribution in [-0.2, 0) is 14.3 Å². The quantitative estimate of drug-likeness (QED) is 0.0476. The maximum Gasteiger partial charge on any atom is 0.214 e. The van der Waals surface area contributed by atoms with E-state index in [1.54, 1.807) is 6.92 Å². The van der Waals surface area contributed by atoms with Gasteiger partial charge >= 0.3 is 0 Å². The van der Waals surface area contributed by atoms with Crippen molar-refractivity contribution in [3.05, 3.63) is 78.9 Å². The van der Waals surface area contributed by atoms with Gasteiger partial charge in [0.05, 0.1) is 13.2 Å². The predicted molar refractivity (Wildman–Crippen MR) is 237 cm³/mol. The van der Waals surface area contributed by atoms with Gasteiger partial charge in [0.25, 0.3) is 0 Å². The molecule has 1 aromatic carbocycles. The predicted octanol–water partition coefficient (Wildman–Crippen LogP) is 9.82.